The van der Waals surface area contributed by atoms with Crippen LogP contribution in [0.2, 0.25) is 0 Å². The van der Waals surface area contributed by atoms with Crippen molar-refractivity contribution < 1.29 is 4.79 Å². The number of hydrogen-bond donors (Lipinski definition) is 2. The minimum absolute atomic E-state index is 0.0349. The molecule has 1 aromatic heterocycles. The Morgan fingerprint density at radius 1 is 1.39 bits per heavy atom. The van der Waals surface area contributed by atoms with Gasteiger partial charge in [-0.1, -0.05) is 32.0 Å². The summed E-state index contributed by atoms with van der Waals surface area (Å²) in [7, 11) is 0. The molecule has 1 aromatic carbocycles. The Kier molecular flexibility index (Phi) is 3.77. The van der Waals surface area contributed by atoms with Crippen LogP contribution in [0.1, 0.15) is 31.0 Å². The highest BCUT2D eigenvalue weighted by Crippen LogP contribution is 2.23. The van der Waals surface area contributed by atoms with Crippen LogP contribution in [0, 0.1) is 0 Å². The van der Waals surface area contributed by atoms with Gasteiger partial charge >= 0.3 is 0 Å². The molecule has 4 nitrogen and oxygen atoms in total. The van der Waals surface area contributed by atoms with Crippen molar-refractivity contribution in [3.8, 4) is 0 Å². The number of carbonyl (C=O) groups excluding carboxylic acids is 1. The molecule has 0 bridgehead atoms. The topological polar surface area (TPSA) is 57.8 Å². The van der Waals surface area contributed by atoms with Crippen molar-refractivity contribution in [2.45, 2.75) is 26.2 Å². The first-order valence-electron chi connectivity index (χ1n) is 6.03. The van der Waals surface area contributed by atoms with Gasteiger partial charge in [0.25, 0.3) is 0 Å². The largest absolute Gasteiger partial charge is 0.348 e. The van der Waals surface area contributed by atoms with Crippen molar-refractivity contribution >= 4 is 11.6 Å². The summed E-state index contributed by atoms with van der Waals surface area (Å²) in [4.78, 5) is 18.7. The van der Waals surface area contributed by atoms with Gasteiger partial charge in [0.2, 0.25) is 5.91 Å². The molecule has 2 aromatic rings. The summed E-state index contributed by atoms with van der Waals surface area (Å²) in [6.07, 6.45) is 3.55. The molecule has 0 atom stereocenters. The normalized spacial score (nSPS) is 10.6. The van der Waals surface area contributed by atoms with Crippen LogP contribution in [-0.2, 0) is 11.2 Å². The third kappa shape index (κ3) is 2.97. The van der Waals surface area contributed by atoms with Gasteiger partial charge in [0.05, 0.1) is 12.7 Å². The zero-order valence-corrected chi connectivity index (χ0v) is 10.6. The average Bonchev–Trinajstić information content (AvgIpc) is 2.82. The van der Waals surface area contributed by atoms with Gasteiger partial charge in [-0.05, 0) is 17.5 Å². The van der Waals surface area contributed by atoms with E-state index < -0.39 is 0 Å². The summed E-state index contributed by atoms with van der Waals surface area (Å²) in [5, 5.41) is 2.94. The van der Waals surface area contributed by atoms with E-state index in [1.165, 1.54) is 0 Å². The van der Waals surface area contributed by atoms with Gasteiger partial charge in [0, 0.05) is 17.6 Å². The first-order valence-corrected chi connectivity index (χ1v) is 6.03. The molecule has 0 saturated heterocycles. The molecular weight excluding hydrogens is 226 g/mol. The number of benzene rings is 1. The number of aromatic nitrogens is 2. The van der Waals surface area contributed by atoms with E-state index in [0.29, 0.717) is 12.3 Å². The van der Waals surface area contributed by atoms with Crippen LogP contribution in [0.3, 0.4) is 0 Å². The molecule has 0 radical (unpaired) electrons. The van der Waals surface area contributed by atoms with E-state index in [1.54, 1.807) is 12.5 Å². The molecule has 18 heavy (non-hydrogen) atoms. The van der Waals surface area contributed by atoms with Gasteiger partial charge in [-0.25, -0.2) is 4.98 Å². The van der Waals surface area contributed by atoms with Crippen molar-refractivity contribution in [2.75, 3.05) is 5.32 Å². The predicted molar refractivity (Wildman–Crippen MR) is 71.5 cm³/mol. The second kappa shape index (κ2) is 5.49. The quantitative estimate of drug-likeness (QED) is 0.867. The Morgan fingerprint density at radius 3 is 2.83 bits per heavy atom. The summed E-state index contributed by atoms with van der Waals surface area (Å²) in [6, 6.07) is 7.88. The van der Waals surface area contributed by atoms with E-state index in [9.17, 15) is 4.79 Å². The maximum Gasteiger partial charge on any atom is 0.230 e. The molecule has 0 fully saturated rings. The van der Waals surface area contributed by atoms with Crippen molar-refractivity contribution in [2.24, 2.45) is 0 Å². The van der Waals surface area contributed by atoms with Gasteiger partial charge in [0.1, 0.15) is 0 Å². The number of anilines is 1. The highest BCUT2D eigenvalue weighted by atomic mass is 16.1. The van der Waals surface area contributed by atoms with E-state index in [1.807, 2.05) is 24.3 Å². The molecule has 1 heterocycles. The van der Waals surface area contributed by atoms with E-state index in [4.69, 9.17) is 0 Å². The van der Waals surface area contributed by atoms with E-state index in [0.717, 1.165) is 16.9 Å². The van der Waals surface area contributed by atoms with Crippen LogP contribution in [0.15, 0.2) is 36.8 Å². The summed E-state index contributed by atoms with van der Waals surface area (Å²) < 4.78 is 0. The minimum Gasteiger partial charge on any atom is -0.348 e. The molecule has 0 saturated carbocycles. The second-order valence-electron chi connectivity index (χ2n) is 4.54. The second-order valence-corrected chi connectivity index (χ2v) is 4.54. The van der Waals surface area contributed by atoms with E-state index >= 15 is 0 Å². The molecule has 0 aliphatic carbocycles. The fraction of sp³-hybridized carbons (Fsp3) is 0.286. The summed E-state index contributed by atoms with van der Waals surface area (Å²) in [5.74, 6) is 0.348. The number of H-pyrrole nitrogens is 1. The highest BCUT2D eigenvalue weighted by molar-refractivity contribution is 5.92. The lowest BCUT2D eigenvalue weighted by atomic mass is 10.0. The number of para-hydroxylation sites is 1. The Hall–Kier alpha value is -2.10. The number of hydrogen-bond acceptors (Lipinski definition) is 2. The van der Waals surface area contributed by atoms with Crippen LogP contribution in [0.25, 0.3) is 0 Å². The zero-order chi connectivity index (χ0) is 13.0. The maximum absolute atomic E-state index is 11.9. The van der Waals surface area contributed by atoms with Gasteiger partial charge in [-0.3, -0.25) is 4.79 Å². The van der Waals surface area contributed by atoms with Crippen molar-refractivity contribution in [1.29, 1.82) is 0 Å². The molecular formula is C14H17N3O. The molecule has 0 aliphatic rings. The summed E-state index contributed by atoms with van der Waals surface area (Å²) in [6.45, 7) is 4.22. The van der Waals surface area contributed by atoms with E-state index in [2.05, 4.69) is 29.1 Å². The first kappa shape index (κ1) is 12.4. The van der Waals surface area contributed by atoms with Crippen molar-refractivity contribution in [3.63, 3.8) is 0 Å². The number of nitrogens with one attached hydrogen (secondary N) is 2. The highest BCUT2D eigenvalue weighted by Gasteiger charge is 2.09. The van der Waals surface area contributed by atoms with Gasteiger partial charge in [0.15, 0.2) is 0 Å². The Bertz CT molecular complexity index is 518. The number of aromatic amines is 1. The molecule has 2 N–H and O–H groups in total. The Labute approximate surface area is 106 Å². The Morgan fingerprint density at radius 2 is 2.17 bits per heavy atom. The molecule has 0 unspecified atom stereocenters. The molecule has 4 heteroatoms. The molecule has 0 spiro atoms. The predicted octanol–water partition coefficient (Wildman–Crippen LogP) is 2.71. The lowest BCUT2D eigenvalue weighted by molar-refractivity contribution is -0.115. The SMILES string of the molecule is CC(C)c1ccccc1NC(=O)Cc1cnc[nH]1. The molecule has 1 amide bonds. The average molecular weight is 243 g/mol. The van der Waals surface area contributed by atoms with Crippen LogP contribution in [-0.4, -0.2) is 15.9 Å². The number of imidazole rings is 1. The van der Waals surface area contributed by atoms with Crippen LogP contribution in [0.5, 0.6) is 0 Å². The third-order valence-electron chi connectivity index (χ3n) is 2.76. The van der Waals surface area contributed by atoms with Crippen molar-refractivity contribution in [1.82, 2.24) is 9.97 Å². The number of rotatable bonds is 4. The third-order valence-corrected chi connectivity index (χ3v) is 2.76. The summed E-state index contributed by atoms with van der Waals surface area (Å²) in [5.41, 5.74) is 2.85. The lowest BCUT2D eigenvalue weighted by Gasteiger charge is -2.13. The molecule has 0 aliphatic heterocycles. The maximum atomic E-state index is 11.9. The molecule has 2 rings (SSSR count). The zero-order valence-electron chi connectivity index (χ0n) is 10.6. The number of carbonyl (C=O) groups is 1. The van der Waals surface area contributed by atoms with Crippen LogP contribution < -0.4 is 5.32 Å². The monoisotopic (exact) mass is 243 g/mol. The van der Waals surface area contributed by atoms with E-state index in [-0.39, 0.29) is 5.91 Å². The number of nitrogens with zero attached hydrogens (tertiary/aromatic N) is 1. The fourth-order valence-corrected chi connectivity index (χ4v) is 1.86. The fourth-order valence-electron chi connectivity index (χ4n) is 1.86. The lowest BCUT2D eigenvalue weighted by Crippen LogP contribution is -2.16. The van der Waals surface area contributed by atoms with Gasteiger partial charge in [-0.15, -0.1) is 0 Å². The van der Waals surface area contributed by atoms with Crippen LogP contribution in [0.4, 0.5) is 5.69 Å². The van der Waals surface area contributed by atoms with Crippen LogP contribution >= 0.6 is 0 Å². The van der Waals surface area contributed by atoms with Gasteiger partial charge in [-0.2, -0.15) is 0 Å². The van der Waals surface area contributed by atoms with Gasteiger partial charge < -0.3 is 10.3 Å². The standard InChI is InChI=1S/C14H17N3O/c1-10(2)12-5-3-4-6-13(12)17-14(18)7-11-8-15-9-16-11/h3-6,8-10H,7H2,1-2H3,(H,15,16)(H,17,18). The number of amides is 1. The first-order chi connectivity index (χ1) is 8.66. The minimum atomic E-state index is -0.0349. The smallest absolute Gasteiger partial charge is 0.230 e. The summed E-state index contributed by atoms with van der Waals surface area (Å²) >= 11 is 0. The van der Waals surface area contributed by atoms with Crippen molar-refractivity contribution in [3.05, 3.63) is 48.0 Å². The Balaban J connectivity index is 2.07. The molecule has 94 valence electrons.